The van der Waals surface area contributed by atoms with Crippen molar-refractivity contribution >= 4 is 39.2 Å². The van der Waals surface area contributed by atoms with Crippen LogP contribution in [-0.4, -0.2) is 13.0 Å². The molecule has 0 heterocycles. The van der Waals surface area contributed by atoms with Gasteiger partial charge in [-0.15, -0.1) is 0 Å². The number of hydrogen-bond donors (Lipinski definition) is 2. The summed E-state index contributed by atoms with van der Waals surface area (Å²) in [7, 11) is 1.61. The second-order valence-electron chi connectivity index (χ2n) is 2.36. The summed E-state index contributed by atoms with van der Waals surface area (Å²) in [6.07, 6.45) is 0. The third-order valence-corrected chi connectivity index (χ3v) is 2.36. The lowest BCUT2D eigenvalue weighted by atomic mass is 10.3. The van der Waals surface area contributed by atoms with E-state index in [1.165, 1.54) is 0 Å². The van der Waals surface area contributed by atoms with E-state index in [2.05, 4.69) is 26.2 Å². The highest BCUT2D eigenvalue weighted by Crippen LogP contribution is 2.25. The van der Waals surface area contributed by atoms with Crippen molar-refractivity contribution < 1.29 is 0 Å². The molecule has 5 heteroatoms. The van der Waals surface area contributed by atoms with Crippen molar-refractivity contribution in [1.82, 2.24) is 0 Å². The predicted octanol–water partition coefficient (Wildman–Crippen LogP) is 2.46. The maximum atomic E-state index is 5.80. The molecule has 0 spiro atoms. The van der Waals surface area contributed by atoms with Gasteiger partial charge in [-0.2, -0.15) is 0 Å². The molecule has 0 aliphatic heterocycles. The summed E-state index contributed by atoms with van der Waals surface area (Å²) in [5, 5.41) is 3.54. The third kappa shape index (κ3) is 2.90. The van der Waals surface area contributed by atoms with Crippen LogP contribution < -0.4 is 11.1 Å². The summed E-state index contributed by atoms with van der Waals surface area (Å²) >= 11 is 9.16. The van der Waals surface area contributed by atoms with E-state index >= 15 is 0 Å². The molecular weight excluding hydrogens is 253 g/mol. The summed E-state index contributed by atoms with van der Waals surface area (Å²) < 4.78 is 0.892. The first kappa shape index (κ1) is 10.3. The van der Waals surface area contributed by atoms with E-state index in [1.54, 1.807) is 19.2 Å². The van der Waals surface area contributed by atoms with Gasteiger partial charge in [0.25, 0.3) is 0 Å². The van der Waals surface area contributed by atoms with Crippen LogP contribution in [0.25, 0.3) is 0 Å². The number of rotatable bonds is 1. The molecule has 0 radical (unpaired) electrons. The molecule has 3 nitrogen and oxygen atoms in total. The Morgan fingerprint density at radius 3 is 2.92 bits per heavy atom. The molecule has 0 atom stereocenters. The molecule has 1 aromatic carbocycles. The number of hydrogen-bond acceptors (Lipinski definition) is 1. The molecule has 0 bridgehead atoms. The minimum absolute atomic E-state index is 0.350. The van der Waals surface area contributed by atoms with Crippen molar-refractivity contribution in [1.29, 1.82) is 0 Å². The van der Waals surface area contributed by atoms with E-state index in [0.29, 0.717) is 11.0 Å². The van der Waals surface area contributed by atoms with Crippen molar-refractivity contribution in [2.45, 2.75) is 0 Å². The van der Waals surface area contributed by atoms with Crippen molar-refractivity contribution in [3.8, 4) is 0 Å². The lowest BCUT2D eigenvalue weighted by molar-refractivity contribution is 1.38. The van der Waals surface area contributed by atoms with E-state index in [-0.39, 0.29) is 0 Å². The first-order valence-electron chi connectivity index (χ1n) is 3.58. The Morgan fingerprint density at radius 2 is 2.31 bits per heavy atom. The fraction of sp³-hybridized carbons (Fsp3) is 0.125. The first-order chi connectivity index (χ1) is 6.13. The van der Waals surface area contributed by atoms with Gasteiger partial charge in [0.1, 0.15) is 0 Å². The van der Waals surface area contributed by atoms with Crippen LogP contribution in [0.3, 0.4) is 0 Å². The van der Waals surface area contributed by atoms with Crippen LogP contribution in [0.2, 0.25) is 5.02 Å². The van der Waals surface area contributed by atoms with Gasteiger partial charge in [0.05, 0.1) is 5.69 Å². The molecule has 0 amide bonds. The zero-order valence-electron chi connectivity index (χ0n) is 7.01. The standard InChI is InChI=1S/C8H9BrClN3/c1-12-8(11)13-7-4-5(10)2-3-6(7)9/h2-4H,1H3,(H3,11,12,13). The van der Waals surface area contributed by atoms with Crippen LogP contribution in [0, 0.1) is 0 Å². The number of nitrogens with zero attached hydrogens (tertiary/aromatic N) is 1. The number of nitrogens with one attached hydrogen (secondary N) is 1. The normalized spacial score (nSPS) is 11.5. The average molecular weight is 263 g/mol. The number of benzene rings is 1. The van der Waals surface area contributed by atoms with Gasteiger partial charge in [-0.1, -0.05) is 11.6 Å². The van der Waals surface area contributed by atoms with E-state index in [0.717, 1.165) is 10.2 Å². The minimum atomic E-state index is 0.350. The highest BCUT2D eigenvalue weighted by Gasteiger charge is 2.00. The summed E-state index contributed by atoms with van der Waals surface area (Å²) in [6.45, 7) is 0. The monoisotopic (exact) mass is 261 g/mol. The van der Waals surface area contributed by atoms with Crippen LogP contribution >= 0.6 is 27.5 Å². The fourth-order valence-corrected chi connectivity index (χ4v) is 1.31. The largest absolute Gasteiger partial charge is 0.370 e. The molecule has 3 N–H and O–H groups in total. The molecule has 0 unspecified atom stereocenters. The molecule has 1 aromatic rings. The van der Waals surface area contributed by atoms with Crippen molar-refractivity contribution in [3.05, 3.63) is 27.7 Å². The van der Waals surface area contributed by atoms with Gasteiger partial charge in [0.15, 0.2) is 5.96 Å². The van der Waals surface area contributed by atoms with Crippen LogP contribution in [0.15, 0.2) is 27.7 Å². The molecule has 0 aromatic heterocycles. The quantitative estimate of drug-likeness (QED) is 0.603. The number of halogens is 2. The molecule has 13 heavy (non-hydrogen) atoms. The van der Waals surface area contributed by atoms with Gasteiger partial charge in [-0.25, -0.2) is 0 Å². The molecule has 0 aliphatic carbocycles. The summed E-state index contributed by atoms with van der Waals surface area (Å²) in [6, 6.07) is 5.40. The van der Waals surface area contributed by atoms with Gasteiger partial charge >= 0.3 is 0 Å². The maximum Gasteiger partial charge on any atom is 0.192 e. The van der Waals surface area contributed by atoms with Gasteiger partial charge in [0, 0.05) is 16.5 Å². The Morgan fingerprint density at radius 1 is 1.62 bits per heavy atom. The Bertz CT molecular complexity index is 338. The highest BCUT2D eigenvalue weighted by atomic mass is 79.9. The average Bonchev–Trinajstić information content (AvgIpc) is 2.11. The topological polar surface area (TPSA) is 50.4 Å². The second kappa shape index (κ2) is 4.48. The minimum Gasteiger partial charge on any atom is -0.370 e. The zero-order chi connectivity index (χ0) is 9.84. The number of nitrogens with two attached hydrogens (primary N) is 1. The number of guanidine groups is 1. The number of aliphatic imine (C=N–C) groups is 1. The predicted molar refractivity (Wildman–Crippen MR) is 60.3 cm³/mol. The molecular formula is C8H9BrClN3. The zero-order valence-corrected chi connectivity index (χ0v) is 9.35. The van der Waals surface area contributed by atoms with Crippen LogP contribution in [0.5, 0.6) is 0 Å². The number of anilines is 1. The van der Waals surface area contributed by atoms with Crippen molar-refractivity contribution in [2.24, 2.45) is 10.7 Å². The van der Waals surface area contributed by atoms with E-state index in [4.69, 9.17) is 17.3 Å². The first-order valence-corrected chi connectivity index (χ1v) is 4.75. The van der Waals surface area contributed by atoms with Crippen LogP contribution in [0.4, 0.5) is 5.69 Å². The lowest BCUT2D eigenvalue weighted by Crippen LogP contribution is -2.22. The highest BCUT2D eigenvalue weighted by molar-refractivity contribution is 9.10. The molecule has 0 saturated carbocycles. The Kier molecular flexibility index (Phi) is 3.57. The van der Waals surface area contributed by atoms with Crippen LogP contribution in [0.1, 0.15) is 0 Å². The molecule has 0 fully saturated rings. The smallest absolute Gasteiger partial charge is 0.192 e. The summed E-state index contributed by atoms with van der Waals surface area (Å²) in [5.41, 5.74) is 6.30. The van der Waals surface area contributed by atoms with Crippen molar-refractivity contribution in [3.63, 3.8) is 0 Å². The van der Waals surface area contributed by atoms with Gasteiger partial charge < -0.3 is 11.1 Å². The van der Waals surface area contributed by atoms with Gasteiger partial charge in [0.2, 0.25) is 0 Å². The van der Waals surface area contributed by atoms with Gasteiger partial charge in [-0.3, -0.25) is 4.99 Å². The second-order valence-corrected chi connectivity index (χ2v) is 3.65. The van der Waals surface area contributed by atoms with E-state index in [1.807, 2.05) is 6.07 Å². The van der Waals surface area contributed by atoms with Crippen molar-refractivity contribution in [2.75, 3.05) is 12.4 Å². The lowest BCUT2D eigenvalue weighted by Gasteiger charge is -2.06. The van der Waals surface area contributed by atoms with E-state index in [9.17, 15) is 0 Å². The maximum absolute atomic E-state index is 5.80. The molecule has 0 aliphatic rings. The van der Waals surface area contributed by atoms with Crippen LogP contribution in [-0.2, 0) is 0 Å². The third-order valence-electron chi connectivity index (χ3n) is 1.43. The molecule has 70 valence electrons. The Balaban J connectivity index is 2.94. The molecule has 1 rings (SSSR count). The summed E-state index contributed by atoms with van der Waals surface area (Å²) in [5.74, 6) is 0.350. The van der Waals surface area contributed by atoms with E-state index < -0.39 is 0 Å². The SMILES string of the molecule is CN=C(N)Nc1cc(Cl)ccc1Br. The molecule has 0 saturated heterocycles. The Labute approximate surface area is 90.1 Å². The van der Waals surface area contributed by atoms with Gasteiger partial charge in [-0.05, 0) is 34.1 Å². The Hall–Kier alpha value is -0.740. The summed E-state index contributed by atoms with van der Waals surface area (Å²) in [4.78, 5) is 3.77. The fourth-order valence-electron chi connectivity index (χ4n) is 0.787.